The quantitative estimate of drug-likeness (QED) is 0.823. The van der Waals surface area contributed by atoms with Crippen molar-refractivity contribution in [1.29, 1.82) is 0 Å². The van der Waals surface area contributed by atoms with E-state index in [4.69, 9.17) is 4.84 Å². The third-order valence-corrected chi connectivity index (χ3v) is 6.74. The van der Waals surface area contributed by atoms with Gasteiger partial charge in [-0.15, -0.1) is 5.06 Å². The fourth-order valence-electron chi connectivity index (χ4n) is 5.12. The van der Waals surface area contributed by atoms with Crippen molar-refractivity contribution in [3.63, 3.8) is 0 Å². The molecule has 2 fully saturated rings. The van der Waals surface area contributed by atoms with Crippen LogP contribution in [-0.2, 0) is 17.9 Å². The third-order valence-electron chi connectivity index (χ3n) is 6.74. The van der Waals surface area contributed by atoms with Gasteiger partial charge in [0.25, 0.3) is 0 Å². The van der Waals surface area contributed by atoms with E-state index < -0.39 is 6.09 Å². The van der Waals surface area contributed by atoms with Crippen LogP contribution in [0.1, 0.15) is 37.3 Å². The van der Waals surface area contributed by atoms with Crippen LogP contribution >= 0.6 is 0 Å². The van der Waals surface area contributed by atoms with Crippen LogP contribution in [0.25, 0.3) is 0 Å². The lowest BCUT2D eigenvalue weighted by Gasteiger charge is -2.28. The highest BCUT2D eigenvalue weighted by Crippen LogP contribution is 2.29. The second-order valence-corrected chi connectivity index (χ2v) is 8.73. The Balaban J connectivity index is 1.13. The minimum atomic E-state index is -0.445. The third kappa shape index (κ3) is 4.02. The molecule has 6 nitrogen and oxygen atoms in total. The molecule has 2 unspecified atom stereocenters. The molecule has 2 atom stereocenters. The van der Waals surface area contributed by atoms with E-state index in [0.717, 1.165) is 24.8 Å². The highest BCUT2D eigenvalue weighted by molar-refractivity contribution is 5.84. The van der Waals surface area contributed by atoms with Crippen LogP contribution in [0.2, 0.25) is 0 Å². The SMILES string of the molecule is CC1CCCN1C1CCN(c2ccc(NC(=O)ON3Cc4ccccc4C3)cc2)C1. The molecule has 2 saturated heterocycles. The van der Waals surface area contributed by atoms with E-state index in [-0.39, 0.29) is 0 Å². The van der Waals surface area contributed by atoms with E-state index in [1.807, 2.05) is 24.3 Å². The molecular weight excluding hydrogens is 376 g/mol. The molecule has 0 radical (unpaired) electrons. The van der Waals surface area contributed by atoms with Gasteiger partial charge < -0.3 is 9.74 Å². The smallest absolute Gasteiger partial charge is 0.370 e. The van der Waals surface area contributed by atoms with Crippen LogP contribution in [-0.4, -0.2) is 47.8 Å². The molecule has 6 heteroatoms. The predicted molar refractivity (Wildman–Crippen MR) is 118 cm³/mol. The monoisotopic (exact) mass is 406 g/mol. The van der Waals surface area contributed by atoms with Gasteiger partial charge in [0.2, 0.25) is 0 Å². The topological polar surface area (TPSA) is 48.1 Å². The molecule has 3 aliphatic rings. The molecule has 1 amide bonds. The van der Waals surface area contributed by atoms with Crippen LogP contribution in [0, 0.1) is 0 Å². The second kappa shape index (κ2) is 8.28. The summed E-state index contributed by atoms with van der Waals surface area (Å²) in [5, 5.41) is 4.54. The molecule has 3 aliphatic heterocycles. The van der Waals surface area contributed by atoms with Crippen molar-refractivity contribution in [2.45, 2.75) is 51.4 Å². The van der Waals surface area contributed by atoms with Crippen molar-refractivity contribution in [1.82, 2.24) is 9.96 Å². The van der Waals surface area contributed by atoms with Gasteiger partial charge in [-0.1, -0.05) is 24.3 Å². The molecule has 30 heavy (non-hydrogen) atoms. The summed E-state index contributed by atoms with van der Waals surface area (Å²) in [4.78, 5) is 22.9. The van der Waals surface area contributed by atoms with E-state index in [1.54, 1.807) is 5.06 Å². The van der Waals surface area contributed by atoms with Gasteiger partial charge in [-0.25, -0.2) is 4.79 Å². The highest BCUT2D eigenvalue weighted by Gasteiger charge is 2.32. The summed E-state index contributed by atoms with van der Waals surface area (Å²) in [6.07, 6.45) is 3.45. The van der Waals surface area contributed by atoms with Crippen molar-refractivity contribution < 1.29 is 9.63 Å². The molecule has 158 valence electrons. The minimum absolute atomic E-state index is 0.445. The number of amides is 1. The van der Waals surface area contributed by atoms with Gasteiger partial charge in [0, 0.05) is 36.5 Å². The highest BCUT2D eigenvalue weighted by atomic mass is 16.7. The van der Waals surface area contributed by atoms with E-state index in [2.05, 4.69) is 46.3 Å². The van der Waals surface area contributed by atoms with E-state index in [0.29, 0.717) is 19.1 Å². The van der Waals surface area contributed by atoms with Gasteiger partial charge >= 0.3 is 6.09 Å². The van der Waals surface area contributed by atoms with Crippen molar-refractivity contribution in [2.75, 3.05) is 29.9 Å². The molecule has 0 spiro atoms. The lowest BCUT2D eigenvalue weighted by atomic mass is 10.1. The van der Waals surface area contributed by atoms with Gasteiger partial charge in [-0.2, -0.15) is 0 Å². The number of hydroxylamine groups is 2. The first-order valence-corrected chi connectivity index (χ1v) is 11.1. The molecule has 1 N–H and O–H groups in total. The molecule has 0 aromatic heterocycles. The number of benzene rings is 2. The standard InChI is InChI=1S/C24H30N4O2/c1-18-5-4-13-28(18)23-12-14-26(17-23)22-10-8-21(9-11-22)25-24(29)30-27-15-19-6-2-3-7-20(19)16-27/h2-3,6-11,18,23H,4-5,12-17H2,1H3,(H,25,29). The van der Waals surface area contributed by atoms with Gasteiger partial charge in [-0.05, 0) is 68.1 Å². The average Bonchev–Trinajstić information content (AvgIpc) is 3.47. The lowest BCUT2D eigenvalue weighted by molar-refractivity contribution is -0.0996. The van der Waals surface area contributed by atoms with Crippen LogP contribution in [0.4, 0.5) is 16.2 Å². The Morgan fingerprint density at radius 3 is 2.40 bits per heavy atom. The summed E-state index contributed by atoms with van der Waals surface area (Å²) in [6.45, 7) is 7.05. The number of hydrogen-bond acceptors (Lipinski definition) is 5. The molecular formula is C24H30N4O2. The van der Waals surface area contributed by atoms with Gasteiger partial charge in [0.15, 0.2) is 0 Å². The van der Waals surface area contributed by atoms with Crippen LogP contribution < -0.4 is 10.2 Å². The predicted octanol–water partition coefficient (Wildman–Crippen LogP) is 4.23. The zero-order chi connectivity index (χ0) is 20.5. The maximum absolute atomic E-state index is 12.3. The van der Waals surface area contributed by atoms with Gasteiger partial charge in [0.1, 0.15) is 0 Å². The lowest BCUT2D eigenvalue weighted by Crippen LogP contribution is -2.39. The summed E-state index contributed by atoms with van der Waals surface area (Å²) in [5.74, 6) is 0. The Morgan fingerprint density at radius 2 is 1.73 bits per heavy atom. The largest absolute Gasteiger partial charge is 0.430 e. The zero-order valence-electron chi connectivity index (χ0n) is 17.6. The molecule has 2 aromatic carbocycles. The second-order valence-electron chi connectivity index (χ2n) is 8.73. The Labute approximate surface area is 178 Å². The van der Waals surface area contributed by atoms with Crippen molar-refractivity contribution >= 4 is 17.5 Å². The molecule has 0 bridgehead atoms. The first kappa shape index (κ1) is 19.4. The van der Waals surface area contributed by atoms with Crippen molar-refractivity contribution in [3.05, 3.63) is 59.7 Å². The first-order valence-electron chi connectivity index (χ1n) is 11.1. The summed E-state index contributed by atoms with van der Waals surface area (Å²) in [7, 11) is 0. The van der Waals surface area contributed by atoms with Crippen molar-refractivity contribution in [3.8, 4) is 0 Å². The zero-order valence-corrected chi connectivity index (χ0v) is 17.6. The molecule has 0 saturated carbocycles. The first-order chi connectivity index (χ1) is 14.7. The summed E-state index contributed by atoms with van der Waals surface area (Å²) < 4.78 is 0. The molecule has 2 aromatic rings. The maximum Gasteiger partial charge on any atom is 0.430 e. The van der Waals surface area contributed by atoms with Gasteiger partial charge in [0.05, 0.1) is 13.1 Å². The number of fused-ring (bicyclic) bond motifs is 1. The van der Waals surface area contributed by atoms with E-state index in [9.17, 15) is 4.79 Å². The number of nitrogens with zero attached hydrogens (tertiary/aromatic N) is 3. The fraction of sp³-hybridized carbons (Fsp3) is 0.458. The van der Waals surface area contributed by atoms with E-state index >= 15 is 0 Å². The molecule has 0 aliphatic carbocycles. The number of carbonyl (C=O) groups is 1. The summed E-state index contributed by atoms with van der Waals surface area (Å²) >= 11 is 0. The number of anilines is 2. The van der Waals surface area contributed by atoms with Crippen LogP contribution in [0.15, 0.2) is 48.5 Å². The van der Waals surface area contributed by atoms with Crippen molar-refractivity contribution in [2.24, 2.45) is 0 Å². The Kier molecular flexibility index (Phi) is 5.35. The Hall–Kier alpha value is -2.57. The van der Waals surface area contributed by atoms with Crippen LogP contribution in [0.5, 0.6) is 0 Å². The van der Waals surface area contributed by atoms with Crippen LogP contribution in [0.3, 0.4) is 0 Å². The number of hydrogen-bond donors (Lipinski definition) is 1. The molecule has 3 heterocycles. The summed E-state index contributed by atoms with van der Waals surface area (Å²) in [5.41, 5.74) is 4.39. The normalized spacial score (nSPS) is 24.2. The number of carbonyl (C=O) groups excluding carboxylic acids is 1. The van der Waals surface area contributed by atoms with E-state index in [1.165, 1.54) is 42.6 Å². The minimum Gasteiger partial charge on any atom is -0.370 e. The average molecular weight is 407 g/mol. The number of nitrogens with one attached hydrogen (secondary N) is 1. The Morgan fingerprint density at radius 1 is 1.00 bits per heavy atom. The number of likely N-dealkylation sites (tertiary alicyclic amines) is 1. The summed E-state index contributed by atoms with van der Waals surface area (Å²) in [6, 6.07) is 17.7. The maximum atomic E-state index is 12.3. The molecule has 5 rings (SSSR count). The fourth-order valence-corrected chi connectivity index (χ4v) is 5.12. The number of rotatable bonds is 4. The Bertz CT molecular complexity index is 875. The van der Waals surface area contributed by atoms with Gasteiger partial charge in [-0.3, -0.25) is 10.2 Å².